The summed E-state index contributed by atoms with van der Waals surface area (Å²) in [6, 6.07) is 6.60. The highest BCUT2D eigenvalue weighted by atomic mass is 35.5. The number of hydrogen-bond acceptors (Lipinski definition) is 1. The fourth-order valence-corrected chi connectivity index (χ4v) is 3.01. The number of carbonyl (C=O) groups is 1. The van der Waals surface area contributed by atoms with Gasteiger partial charge >= 0.3 is 5.97 Å². The van der Waals surface area contributed by atoms with Gasteiger partial charge in [-0.3, -0.25) is 0 Å². The monoisotopic (exact) mass is 320 g/mol. The topological polar surface area (TPSA) is 37.3 Å². The van der Waals surface area contributed by atoms with Crippen molar-refractivity contribution in [2.45, 2.75) is 51.4 Å². The predicted molar refractivity (Wildman–Crippen MR) is 94.8 cm³/mol. The molecule has 1 aromatic rings. The number of hydrogen-bond donors (Lipinski definition) is 1. The highest BCUT2D eigenvalue weighted by Crippen LogP contribution is 2.45. The molecule has 22 heavy (non-hydrogen) atoms. The second kappa shape index (κ2) is 6.70. The highest BCUT2D eigenvalue weighted by molar-refractivity contribution is 5.85. The molecule has 0 saturated heterocycles. The smallest absolute Gasteiger partial charge is 0.328 e. The normalized spacial score (nSPS) is 18.9. The van der Waals surface area contributed by atoms with Gasteiger partial charge in [-0.2, -0.15) is 0 Å². The van der Waals surface area contributed by atoms with Gasteiger partial charge in [-0.25, -0.2) is 4.79 Å². The van der Waals surface area contributed by atoms with E-state index >= 15 is 0 Å². The summed E-state index contributed by atoms with van der Waals surface area (Å²) < 4.78 is 0. The van der Waals surface area contributed by atoms with Gasteiger partial charge in [0, 0.05) is 6.08 Å². The summed E-state index contributed by atoms with van der Waals surface area (Å²) in [7, 11) is 0. The molecule has 0 atom stereocenters. The zero-order valence-electron chi connectivity index (χ0n) is 13.7. The number of allylic oxidation sites excluding steroid dienone is 2. The van der Waals surface area contributed by atoms with E-state index in [-0.39, 0.29) is 23.2 Å². The average molecular weight is 321 g/mol. The molecule has 0 heterocycles. The lowest BCUT2D eigenvalue weighted by atomic mass is 9.63. The van der Waals surface area contributed by atoms with Gasteiger partial charge in [-0.15, -0.1) is 12.4 Å². The molecule has 1 aliphatic carbocycles. The van der Waals surface area contributed by atoms with E-state index in [0.29, 0.717) is 0 Å². The molecule has 0 amide bonds. The summed E-state index contributed by atoms with van der Waals surface area (Å²) in [6.45, 7) is 9.23. The first-order chi connectivity index (χ1) is 9.72. The van der Waals surface area contributed by atoms with E-state index in [1.807, 2.05) is 6.08 Å². The molecule has 1 aliphatic rings. The van der Waals surface area contributed by atoms with Gasteiger partial charge in [0.2, 0.25) is 0 Å². The molecule has 0 aliphatic heterocycles. The van der Waals surface area contributed by atoms with Crippen LogP contribution in [0.1, 0.15) is 57.2 Å². The molecule has 0 spiro atoms. The Bertz CT molecular complexity index is 610. The molecule has 2 nitrogen and oxygen atoms in total. The number of rotatable bonds is 3. The van der Waals surface area contributed by atoms with Crippen molar-refractivity contribution < 1.29 is 9.90 Å². The Labute approximate surface area is 139 Å². The van der Waals surface area contributed by atoms with Gasteiger partial charge in [0.05, 0.1) is 0 Å². The number of fused-ring (bicyclic) bond motifs is 1. The van der Waals surface area contributed by atoms with Gasteiger partial charge < -0.3 is 5.11 Å². The van der Waals surface area contributed by atoms with Crippen molar-refractivity contribution in [2.75, 3.05) is 0 Å². The number of halogens is 1. The van der Waals surface area contributed by atoms with Crippen LogP contribution in [0, 0.1) is 0 Å². The van der Waals surface area contributed by atoms with Crippen LogP contribution in [0.2, 0.25) is 0 Å². The summed E-state index contributed by atoms with van der Waals surface area (Å²) in [4.78, 5) is 10.4. The van der Waals surface area contributed by atoms with Gasteiger partial charge in [-0.05, 0) is 40.4 Å². The summed E-state index contributed by atoms with van der Waals surface area (Å²) >= 11 is 0. The maximum atomic E-state index is 10.4. The van der Waals surface area contributed by atoms with Gasteiger partial charge in [0.15, 0.2) is 0 Å². The number of aliphatic carboxylic acids is 1. The first kappa shape index (κ1) is 18.5. The molecule has 3 heteroatoms. The number of benzene rings is 1. The standard InChI is InChI=1S/C19H24O2.ClH/c1-18(2)11-12-19(3,4)16-13-14(9-10-15(16)18)7-5-6-8-17(20)21;/h5-10,13H,11-12H2,1-4H3,(H,20,21);1H. The lowest BCUT2D eigenvalue weighted by Crippen LogP contribution is -2.33. The van der Waals surface area contributed by atoms with E-state index in [4.69, 9.17) is 5.11 Å². The summed E-state index contributed by atoms with van der Waals surface area (Å²) in [5, 5.41) is 8.57. The minimum Gasteiger partial charge on any atom is -0.478 e. The SMILES string of the molecule is CC1(C)CCC(C)(C)c2cc(C=CC=CC(=O)O)ccc21.Cl. The van der Waals surface area contributed by atoms with Gasteiger partial charge in [0.25, 0.3) is 0 Å². The Kier molecular flexibility index (Phi) is 5.64. The maximum Gasteiger partial charge on any atom is 0.328 e. The lowest BCUT2D eigenvalue weighted by molar-refractivity contribution is -0.131. The first-order valence-electron chi connectivity index (χ1n) is 7.45. The zero-order valence-corrected chi connectivity index (χ0v) is 14.5. The van der Waals surface area contributed by atoms with Crippen molar-refractivity contribution in [2.24, 2.45) is 0 Å². The van der Waals surface area contributed by atoms with E-state index in [1.54, 1.807) is 12.2 Å². The third-order valence-corrected chi connectivity index (χ3v) is 4.52. The molecule has 120 valence electrons. The lowest BCUT2D eigenvalue weighted by Gasteiger charge is -2.42. The van der Waals surface area contributed by atoms with E-state index in [0.717, 1.165) is 11.6 Å². The molecule has 1 aromatic carbocycles. The van der Waals surface area contributed by atoms with Crippen molar-refractivity contribution in [3.05, 3.63) is 53.1 Å². The Balaban J connectivity index is 0.00000242. The molecule has 1 N–H and O–H groups in total. The van der Waals surface area contributed by atoms with Crippen LogP contribution in [0.25, 0.3) is 6.08 Å². The Morgan fingerprint density at radius 2 is 1.64 bits per heavy atom. The van der Waals surface area contributed by atoms with Crippen LogP contribution in [0.5, 0.6) is 0 Å². The molecule has 0 aromatic heterocycles. The van der Waals surface area contributed by atoms with E-state index in [2.05, 4.69) is 45.9 Å². The van der Waals surface area contributed by atoms with Crippen LogP contribution in [0.4, 0.5) is 0 Å². The molecule has 0 fully saturated rings. The van der Waals surface area contributed by atoms with Crippen LogP contribution in [-0.4, -0.2) is 11.1 Å². The van der Waals surface area contributed by atoms with E-state index < -0.39 is 5.97 Å². The molecule has 0 unspecified atom stereocenters. The Hall–Kier alpha value is -1.54. The molecule has 0 saturated carbocycles. The van der Waals surface area contributed by atoms with Crippen molar-refractivity contribution in [1.82, 2.24) is 0 Å². The van der Waals surface area contributed by atoms with Crippen molar-refractivity contribution in [3.8, 4) is 0 Å². The second-order valence-electron chi connectivity index (χ2n) is 7.13. The van der Waals surface area contributed by atoms with Gasteiger partial charge in [-0.1, -0.05) is 64.1 Å². The minimum atomic E-state index is -0.923. The highest BCUT2D eigenvalue weighted by Gasteiger charge is 2.36. The molecular formula is C19H25ClO2. The second-order valence-corrected chi connectivity index (χ2v) is 7.13. The van der Waals surface area contributed by atoms with Crippen molar-refractivity contribution in [1.29, 1.82) is 0 Å². The first-order valence-corrected chi connectivity index (χ1v) is 7.45. The van der Waals surface area contributed by atoms with E-state index in [9.17, 15) is 4.79 Å². The zero-order chi connectivity index (χ0) is 15.7. The third kappa shape index (κ3) is 4.01. The van der Waals surface area contributed by atoms with Crippen LogP contribution in [0.15, 0.2) is 36.4 Å². The summed E-state index contributed by atoms with van der Waals surface area (Å²) in [6.07, 6.45) is 8.83. The Morgan fingerprint density at radius 3 is 2.23 bits per heavy atom. The van der Waals surface area contributed by atoms with Crippen molar-refractivity contribution in [3.63, 3.8) is 0 Å². The molecule has 2 rings (SSSR count). The van der Waals surface area contributed by atoms with Crippen LogP contribution >= 0.6 is 12.4 Å². The Morgan fingerprint density at radius 1 is 1.05 bits per heavy atom. The summed E-state index contributed by atoms with van der Waals surface area (Å²) in [5.74, 6) is -0.923. The minimum absolute atomic E-state index is 0. The maximum absolute atomic E-state index is 10.4. The fourth-order valence-electron chi connectivity index (χ4n) is 3.01. The van der Waals surface area contributed by atoms with Crippen molar-refractivity contribution >= 4 is 24.5 Å². The van der Waals surface area contributed by atoms with Gasteiger partial charge in [0.1, 0.15) is 0 Å². The predicted octanol–water partition coefficient (Wildman–Crippen LogP) is 5.11. The summed E-state index contributed by atoms with van der Waals surface area (Å²) in [5.41, 5.74) is 4.41. The van der Waals surface area contributed by atoms with Crippen LogP contribution in [-0.2, 0) is 15.6 Å². The number of carboxylic acids is 1. The van der Waals surface area contributed by atoms with Crippen LogP contribution in [0.3, 0.4) is 0 Å². The largest absolute Gasteiger partial charge is 0.478 e. The van der Waals surface area contributed by atoms with E-state index in [1.165, 1.54) is 24.0 Å². The average Bonchev–Trinajstić information content (AvgIpc) is 2.40. The van der Waals surface area contributed by atoms with Crippen LogP contribution < -0.4 is 0 Å². The number of carboxylic acid groups (broad SMARTS) is 1. The molecule has 0 radical (unpaired) electrons. The quantitative estimate of drug-likeness (QED) is 0.620. The molecular weight excluding hydrogens is 296 g/mol. The molecule has 0 bridgehead atoms. The fraction of sp³-hybridized carbons (Fsp3) is 0.421. The third-order valence-electron chi connectivity index (χ3n) is 4.52.